The number of pyridine rings is 1. The van der Waals surface area contributed by atoms with Crippen molar-refractivity contribution in [3.63, 3.8) is 0 Å². The number of nitrogens with one attached hydrogen (secondary N) is 1. The Morgan fingerprint density at radius 1 is 1.22 bits per heavy atom. The lowest BCUT2D eigenvalue weighted by Crippen LogP contribution is -2.09. The number of halogens is 1. The second-order valence-corrected chi connectivity index (χ2v) is 5.24. The molecular weight excluding hydrogens is 266 g/mol. The maximum absolute atomic E-state index is 5.83. The fraction of sp³-hybridized carbons (Fsp3) is 0.308. The normalized spacial score (nSPS) is 14.3. The van der Waals surface area contributed by atoms with Crippen LogP contribution in [0.3, 0.4) is 0 Å². The SMILES string of the molecule is S=c1nc(-c2ccc(Cl)cn2)[nH]c2c1CCCC2. The number of fused-ring (bicyclic) bond motifs is 1. The van der Waals surface area contributed by atoms with Gasteiger partial charge in [-0.15, -0.1) is 0 Å². The molecule has 0 fully saturated rings. The number of rotatable bonds is 1. The van der Waals surface area contributed by atoms with E-state index in [2.05, 4.69) is 15.0 Å². The standard InChI is InChI=1S/C13H12ClN3S/c14-8-5-6-11(15-7-8)12-16-10-4-2-1-3-9(10)13(18)17-12/h5-7H,1-4H2,(H,16,17,18). The van der Waals surface area contributed by atoms with Gasteiger partial charge in [0.1, 0.15) is 10.3 Å². The second-order valence-electron chi connectivity index (χ2n) is 4.42. The van der Waals surface area contributed by atoms with Crippen LogP contribution in [-0.4, -0.2) is 15.0 Å². The van der Waals surface area contributed by atoms with Gasteiger partial charge < -0.3 is 4.98 Å². The van der Waals surface area contributed by atoms with Crippen LogP contribution in [-0.2, 0) is 12.8 Å². The van der Waals surface area contributed by atoms with Crippen LogP contribution in [0.5, 0.6) is 0 Å². The van der Waals surface area contributed by atoms with Crippen molar-refractivity contribution in [2.24, 2.45) is 0 Å². The van der Waals surface area contributed by atoms with Gasteiger partial charge in [-0.1, -0.05) is 23.8 Å². The van der Waals surface area contributed by atoms with Crippen molar-refractivity contribution in [3.8, 4) is 11.5 Å². The molecule has 1 aliphatic carbocycles. The summed E-state index contributed by atoms with van der Waals surface area (Å²) in [5.41, 5.74) is 3.20. The molecule has 1 aliphatic rings. The average Bonchev–Trinajstić information content (AvgIpc) is 2.39. The summed E-state index contributed by atoms with van der Waals surface area (Å²) in [5.74, 6) is 0.734. The average molecular weight is 278 g/mol. The zero-order valence-electron chi connectivity index (χ0n) is 9.74. The van der Waals surface area contributed by atoms with E-state index in [4.69, 9.17) is 23.8 Å². The van der Waals surface area contributed by atoms with Gasteiger partial charge in [-0.25, -0.2) is 4.98 Å². The molecule has 0 spiro atoms. The lowest BCUT2D eigenvalue weighted by Gasteiger charge is -2.16. The van der Waals surface area contributed by atoms with E-state index in [0.29, 0.717) is 9.66 Å². The van der Waals surface area contributed by atoms with E-state index in [-0.39, 0.29) is 0 Å². The van der Waals surface area contributed by atoms with Gasteiger partial charge in [-0.2, -0.15) is 0 Å². The molecule has 3 rings (SSSR count). The Labute approximate surface area is 115 Å². The Bertz CT molecular complexity index is 634. The predicted octanol–water partition coefficient (Wildman–Crippen LogP) is 3.73. The Morgan fingerprint density at radius 2 is 2.06 bits per heavy atom. The van der Waals surface area contributed by atoms with Crippen LogP contribution >= 0.6 is 23.8 Å². The summed E-state index contributed by atoms with van der Waals surface area (Å²) in [6.07, 6.45) is 6.10. The van der Waals surface area contributed by atoms with E-state index >= 15 is 0 Å². The van der Waals surface area contributed by atoms with Crippen molar-refractivity contribution < 1.29 is 0 Å². The molecule has 1 N–H and O–H groups in total. The highest BCUT2D eigenvalue weighted by Gasteiger charge is 2.14. The molecule has 92 valence electrons. The highest BCUT2D eigenvalue weighted by atomic mass is 35.5. The third-order valence-electron chi connectivity index (χ3n) is 3.18. The summed E-state index contributed by atoms with van der Waals surface area (Å²) >= 11 is 11.2. The summed E-state index contributed by atoms with van der Waals surface area (Å²) in [6.45, 7) is 0. The minimum atomic E-state index is 0.621. The summed E-state index contributed by atoms with van der Waals surface area (Å²) in [4.78, 5) is 12.1. The number of hydrogen-bond acceptors (Lipinski definition) is 3. The van der Waals surface area contributed by atoms with Crippen molar-refractivity contribution in [2.75, 3.05) is 0 Å². The number of aryl methyl sites for hydroxylation is 1. The van der Waals surface area contributed by atoms with Gasteiger partial charge in [0, 0.05) is 17.5 Å². The van der Waals surface area contributed by atoms with Crippen LogP contribution in [0.2, 0.25) is 5.02 Å². The number of nitrogens with zero attached hydrogens (tertiary/aromatic N) is 2. The molecule has 0 saturated heterocycles. The Morgan fingerprint density at radius 3 is 2.83 bits per heavy atom. The molecule has 0 bridgehead atoms. The Balaban J connectivity index is 2.11. The molecule has 3 nitrogen and oxygen atoms in total. The van der Waals surface area contributed by atoms with Crippen LogP contribution < -0.4 is 0 Å². The first-order valence-corrected chi connectivity index (χ1v) is 6.76. The lowest BCUT2D eigenvalue weighted by molar-refractivity contribution is 0.661. The smallest absolute Gasteiger partial charge is 0.157 e. The minimum absolute atomic E-state index is 0.621. The highest BCUT2D eigenvalue weighted by molar-refractivity contribution is 7.71. The van der Waals surface area contributed by atoms with E-state index in [0.717, 1.165) is 24.4 Å². The Hall–Kier alpha value is -1.26. The van der Waals surface area contributed by atoms with Crippen molar-refractivity contribution in [1.29, 1.82) is 0 Å². The van der Waals surface area contributed by atoms with E-state index in [1.54, 1.807) is 6.20 Å². The number of hydrogen-bond donors (Lipinski definition) is 1. The van der Waals surface area contributed by atoms with Gasteiger partial charge in [0.25, 0.3) is 0 Å². The third kappa shape index (κ3) is 2.18. The largest absolute Gasteiger partial charge is 0.342 e. The quantitative estimate of drug-likeness (QED) is 0.808. The molecule has 5 heteroatoms. The molecular formula is C13H12ClN3S. The highest BCUT2D eigenvalue weighted by Crippen LogP contribution is 2.23. The van der Waals surface area contributed by atoms with Crippen molar-refractivity contribution >= 4 is 23.8 Å². The maximum Gasteiger partial charge on any atom is 0.157 e. The minimum Gasteiger partial charge on any atom is -0.342 e. The van der Waals surface area contributed by atoms with Crippen LogP contribution in [0.15, 0.2) is 18.3 Å². The molecule has 2 aromatic rings. The second kappa shape index (κ2) is 4.78. The monoisotopic (exact) mass is 277 g/mol. The van der Waals surface area contributed by atoms with Crippen LogP contribution in [0.25, 0.3) is 11.5 Å². The van der Waals surface area contributed by atoms with E-state index in [1.165, 1.54) is 24.1 Å². The van der Waals surface area contributed by atoms with Crippen molar-refractivity contribution in [3.05, 3.63) is 39.3 Å². The molecule has 0 saturated carbocycles. The zero-order valence-corrected chi connectivity index (χ0v) is 11.3. The summed E-state index contributed by atoms with van der Waals surface area (Å²) in [6, 6.07) is 3.66. The first-order chi connectivity index (χ1) is 8.74. The first kappa shape index (κ1) is 11.8. The summed E-state index contributed by atoms with van der Waals surface area (Å²) in [5, 5.41) is 0.621. The number of aromatic amines is 1. The Kier molecular flexibility index (Phi) is 3.14. The molecule has 2 heterocycles. The van der Waals surface area contributed by atoms with Gasteiger partial charge in [-0.3, -0.25) is 4.98 Å². The number of H-pyrrole nitrogens is 1. The van der Waals surface area contributed by atoms with Gasteiger partial charge in [0.2, 0.25) is 0 Å². The van der Waals surface area contributed by atoms with Crippen molar-refractivity contribution in [2.45, 2.75) is 25.7 Å². The first-order valence-electron chi connectivity index (χ1n) is 5.98. The van der Waals surface area contributed by atoms with Crippen molar-refractivity contribution in [1.82, 2.24) is 15.0 Å². The van der Waals surface area contributed by atoms with Gasteiger partial charge >= 0.3 is 0 Å². The molecule has 0 amide bonds. The summed E-state index contributed by atoms with van der Waals surface area (Å²) < 4.78 is 0.704. The summed E-state index contributed by atoms with van der Waals surface area (Å²) in [7, 11) is 0. The van der Waals surface area contributed by atoms with Crippen LogP contribution in [0.4, 0.5) is 0 Å². The predicted molar refractivity (Wildman–Crippen MR) is 74.3 cm³/mol. The van der Waals surface area contributed by atoms with Crippen LogP contribution in [0.1, 0.15) is 24.1 Å². The topological polar surface area (TPSA) is 41.6 Å². The molecule has 18 heavy (non-hydrogen) atoms. The van der Waals surface area contributed by atoms with E-state index in [1.807, 2.05) is 12.1 Å². The van der Waals surface area contributed by atoms with Crippen LogP contribution in [0, 0.1) is 4.64 Å². The number of aromatic nitrogens is 3. The fourth-order valence-corrected chi connectivity index (χ4v) is 2.68. The molecule has 0 aromatic carbocycles. The fourth-order valence-electron chi connectivity index (χ4n) is 2.26. The van der Waals surface area contributed by atoms with Gasteiger partial charge in [0.05, 0.1) is 5.02 Å². The lowest BCUT2D eigenvalue weighted by atomic mass is 9.97. The molecule has 0 radical (unpaired) electrons. The maximum atomic E-state index is 5.83. The molecule has 0 atom stereocenters. The zero-order chi connectivity index (χ0) is 12.5. The molecule has 0 aliphatic heterocycles. The van der Waals surface area contributed by atoms with Gasteiger partial charge in [0.15, 0.2) is 5.82 Å². The molecule has 2 aromatic heterocycles. The van der Waals surface area contributed by atoms with Gasteiger partial charge in [-0.05, 0) is 37.8 Å². The van der Waals surface area contributed by atoms with E-state index in [9.17, 15) is 0 Å². The van der Waals surface area contributed by atoms with E-state index < -0.39 is 0 Å². The molecule has 0 unspecified atom stereocenters. The third-order valence-corrected chi connectivity index (χ3v) is 3.74.